The Balaban J connectivity index is 1.27. The number of rotatable bonds is 11. The van der Waals surface area contributed by atoms with E-state index in [1.165, 1.54) is 24.2 Å². The molecule has 6 rings (SSSR count). The lowest BCUT2D eigenvalue weighted by atomic mass is 9.90. The summed E-state index contributed by atoms with van der Waals surface area (Å²) in [5.74, 6) is -0.518. The topological polar surface area (TPSA) is 194 Å². The van der Waals surface area contributed by atoms with Gasteiger partial charge in [-0.15, -0.1) is 5.10 Å². The summed E-state index contributed by atoms with van der Waals surface area (Å²) in [6.07, 6.45) is 6.95. The van der Waals surface area contributed by atoms with E-state index < -0.39 is 33.6 Å². The van der Waals surface area contributed by atoms with Gasteiger partial charge in [-0.1, -0.05) is 23.7 Å². The zero-order valence-corrected chi connectivity index (χ0v) is 28.0. The first kappa shape index (κ1) is 34.0. The molecule has 2 amide bonds. The van der Waals surface area contributed by atoms with Crippen LogP contribution in [0.3, 0.4) is 0 Å². The van der Waals surface area contributed by atoms with Gasteiger partial charge in [0.1, 0.15) is 6.33 Å². The van der Waals surface area contributed by atoms with Crippen molar-refractivity contribution in [2.24, 2.45) is 5.92 Å². The second-order valence-electron chi connectivity index (χ2n) is 11.9. The lowest BCUT2D eigenvalue weighted by Crippen LogP contribution is -2.42. The lowest BCUT2D eigenvalue weighted by molar-refractivity contribution is -0.117. The molecule has 1 aliphatic carbocycles. The Morgan fingerprint density at radius 2 is 1.94 bits per heavy atom. The number of nitrogens with one attached hydrogen (secondary N) is 3. The van der Waals surface area contributed by atoms with Crippen molar-refractivity contribution in [2.75, 3.05) is 25.5 Å². The fourth-order valence-corrected chi connectivity index (χ4v) is 7.99. The van der Waals surface area contributed by atoms with Gasteiger partial charge in [0.15, 0.2) is 0 Å². The molecule has 3 heterocycles. The largest absolute Gasteiger partial charge is 0.453 e. The lowest BCUT2D eigenvalue weighted by Gasteiger charge is -2.33. The minimum Gasteiger partial charge on any atom is -0.453 e. The Labute approximate surface area is 286 Å². The number of nitrogens with zero attached hydrogens (tertiary/aromatic N) is 6. The van der Waals surface area contributed by atoms with Crippen molar-refractivity contribution in [1.29, 1.82) is 0 Å². The van der Waals surface area contributed by atoms with E-state index in [0.29, 0.717) is 77.6 Å². The van der Waals surface area contributed by atoms with E-state index in [1.807, 2.05) is 0 Å². The molecule has 2 fully saturated rings. The number of anilines is 1. The second kappa shape index (κ2) is 14.7. The van der Waals surface area contributed by atoms with Crippen molar-refractivity contribution in [3.05, 3.63) is 87.6 Å². The molecular weight excluding hydrogens is 674 g/mol. The summed E-state index contributed by atoms with van der Waals surface area (Å²) in [5.41, 5.74) is 2.48. The molecule has 2 aromatic heterocycles. The van der Waals surface area contributed by atoms with Crippen molar-refractivity contribution >= 4 is 45.4 Å². The number of halogens is 1. The molecule has 2 aromatic carbocycles. The third kappa shape index (κ3) is 8.21. The van der Waals surface area contributed by atoms with Gasteiger partial charge < -0.3 is 10.1 Å². The first-order chi connectivity index (χ1) is 23.6. The summed E-state index contributed by atoms with van der Waals surface area (Å²) in [4.78, 5) is 38.0. The normalized spacial score (nSPS) is 17.5. The van der Waals surface area contributed by atoms with Crippen LogP contribution in [-0.2, 0) is 19.6 Å². The average molecular weight is 708 g/mol. The van der Waals surface area contributed by atoms with Crippen LogP contribution in [-0.4, -0.2) is 80.6 Å². The van der Waals surface area contributed by atoms with E-state index in [9.17, 15) is 22.8 Å². The zero-order valence-electron chi connectivity index (χ0n) is 26.5. The van der Waals surface area contributed by atoms with E-state index >= 15 is 0 Å². The number of hydrogen-bond donors (Lipinski definition) is 3. The highest BCUT2D eigenvalue weighted by molar-refractivity contribution is 7.90. The smallest absolute Gasteiger partial charge is 0.411 e. The molecule has 1 aliphatic heterocycles. The Bertz CT molecular complexity index is 2020. The Kier molecular flexibility index (Phi) is 10.2. The summed E-state index contributed by atoms with van der Waals surface area (Å²) in [6, 6.07) is 12.6. The molecule has 0 spiro atoms. The molecule has 3 N–H and O–H groups in total. The summed E-state index contributed by atoms with van der Waals surface area (Å²) < 4.78 is 33.8. The first-order valence-electron chi connectivity index (χ1n) is 15.7. The van der Waals surface area contributed by atoms with E-state index in [2.05, 4.69) is 41.1 Å². The maximum Gasteiger partial charge on any atom is 0.411 e. The van der Waals surface area contributed by atoms with Crippen LogP contribution in [0, 0.1) is 5.92 Å². The number of aromatic amines is 1. The predicted octanol–water partition coefficient (Wildman–Crippen LogP) is 3.71. The monoisotopic (exact) mass is 707 g/mol. The van der Waals surface area contributed by atoms with Gasteiger partial charge in [-0.2, -0.15) is 9.78 Å². The van der Waals surface area contributed by atoms with Crippen molar-refractivity contribution in [1.82, 2.24) is 40.0 Å². The van der Waals surface area contributed by atoms with Crippen molar-refractivity contribution in [3.8, 4) is 16.8 Å². The number of piperidine rings is 1. The second-order valence-corrected chi connectivity index (χ2v) is 14.6. The molecule has 1 unspecified atom stereocenters. The first-order valence-corrected chi connectivity index (χ1v) is 17.5. The highest BCUT2D eigenvalue weighted by atomic mass is 35.5. The number of hydrogen-bond acceptors (Lipinski definition) is 10. The molecule has 0 bridgehead atoms. The average Bonchev–Trinajstić information content (AvgIpc) is 3.83. The van der Waals surface area contributed by atoms with E-state index in [1.54, 1.807) is 58.9 Å². The summed E-state index contributed by atoms with van der Waals surface area (Å²) in [5, 5.41) is 23.9. The third-order valence-corrected chi connectivity index (χ3v) is 11.1. The number of sulfonamides is 1. The van der Waals surface area contributed by atoms with Crippen LogP contribution >= 0.6 is 11.6 Å². The molecule has 49 heavy (non-hydrogen) atoms. The molecule has 1 saturated heterocycles. The van der Waals surface area contributed by atoms with Gasteiger partial charge in [-0.3, -0.25) is 14.9 Å². The van der Waals surface area contributed by atoms with Gasteiger partial charge in [0.25, 0.3) is 5.56 Å². The molecule has 4 aromatic rings. The maximum absolute atomic E-state index is 13.5. The minimum atomic E-state index is -3.36. The fourth-order valence-electron chi connectivity index (χ4n) is 5.85. The summed E-state index contributed by atoms with van der Waals surface area (Å²) in [7, 11) is -2.10. The summed E-state index contributed by atoms with van der Waals surface area (Å²) in [6.45, 7) is 0.809. The van der Waals surface area contributed by atoms with Crippen LogP contribution in [0.15, 0.2) is 65.7 Å². The van der Waals surface area contributed by atoms with Crippen LogP contribution in [0.5, 0.6) is 0 Å². The van der Waals surface area contributed by atoms with E-state index in [0.717, 1.165) is 6.42 Å². The molecule has 0 radical (unpaired) electrons. The Morgan fingerprint density at radius 1 is 1.14 bits per heavy atom. The van der Waals surface area contributed by atoms with Crippen LogP contribution in [0.1, 0.15) is 49.4 Å². The van der Waals surface area contributed by atoms with Gasteiger partial charge in [-0.25, -0.2) is 22.6 Å². The van der Waals surface area contributed by atoms with Gasteiger partial charge in [0.05, 0.1) is 35.3 Å². The SMILES string of the molecule is COC(=O)Nc1ccc(-c2cc([C@H](CC3CCCN(S(=O)(=O)C4CC4)C3)NC(=O)/C=C/c3cc(Cl)ccc3-n3cnnn3)n[nH]c2=O)cc1. The molecular formula is C32H34ClN9O6S. The van der Waals surface area contributed by atoms with Crippen molar-refractivity contribution in [3.63, 3.8) is 0 Å². The predicted molar refractivity (Wildman–Crippen MR) is 181 cm³/mol. The minimum absolute atomic E-state index is 0.0724. The Morgan fingerprint density at radius 3 is 2.65 bits per heavy atom. The zero-order chi connectivity index (χ0) is 34.5. The highest BCUT2D eigenvalue weighted by Gasteiger charge is 2.42. The van der Waals surface area contributed by atoms with Crippen LogP contribution in [0.2, 0.25) is 5.02 Å². The van der Waals surface area contributed by atoms with E-state index in [-0.39, 0.29) is 11.2 Å². The Hall–Kier alpha value is -4.93. The van der Waals surface area contributed by atoms with Gasteiger partial charge in [0.2, 0.25) is 15.9 Å². The van der Waals surface area contributed by atoms with Crippen LogP contribution in [0.4, 0.5) is 10.5 Å². The number of aromatic nitrogens is 6. The van der Waals surface area contributed by atoms with Crippen LogP contribution < -0.4 is 16.2 Å². The number of carbonyl (C=O) groups is 2. The molecule has 17 heteroatoms. The molecule has 1 saturated carbocycles. The quantitative estimate of drug-likeness (QED) is 0.194. The number of carbonyl (C=O) groups excluding carboxylic acids is 2. The van der Waals surface area contributed by atoms with Gasteiger partial charge in [0, 0.05) is 35.4 Å². The highest BCUT2D eigenvalue weighted by Crippen LogP contribution is 2.35. The number of tetrazole rings is 1. The number of benzene rings is 2. The van der Waals surface area contributed by atoms with Crippen molar-refractivity contribution < 1.29 is 22.7 Å². The molecule has 2 aliphatic rings. The number of methoxy groups -OCH3 is 1. The van der Waals surface area contributed by atoms with Gasteiger partial charge >= 0.3 is 6.09 Å². The summed E-state index contributed by atoms with van der Waals surface area (Å²) >= 11 is 6.25. The molecule has 256 valence electrons. The number of ether oxygens (including phenoxy) is 1. The van der Waals surface area contributed by atoms with Gasteiger partial charge in [-0.05, 0) is 96.5 Å². The number of amides is 2. The number of H-pyrrole nitrogens is 1. The molecule has 15 nitrogen and oxygen atoms in total. The fraction of sp³-hybridized carbons (Fsp3) is 0.344. The maximum atomic E-state index is 13.5. The third-order valence-electron chi connectivity index (χ3n) is 8.48. The van der Waals surface area contributed by atoms with E-state index in [4.69, 9.17) is 11.6 Å². The standard InChI is InChI=1S/C32H34ClN9O6S/c1-48-32(45)35-24-8-4-21(5-9-24)26-17-28(37-38-31(26)44)27(15-20-3-2-14-41(18-20)49(46,47)25-10-11-25)36-30(43)13-6-22-16-23(33)7-12-29(22)42-19-34-39-40-42/h4-9,12-13,16-17,19-20,25,27H,2-3,10-11,14-15,18H2,1H3,(H,35,45)(H,36,43)(H,38,44)/b13-6+/t20?,27-/m0/s1. The van der Waals surface area contributed by atoms with Crippen LogP contribution in [0.25, 0.3) is 22.9 Å². The van der Waals surface area contributed by atoms with Crippen molar-refractivity contribution in [2.45, 2.75) is 43.4 Å². The molecule has 2 atom stereocenters.